The van der Waals surface area contributed by atoms with Crippen LogP contribution >= 0.6 is 0 Å². The van der Waals surface area contributed by atoms with Gasteiger partial charge in [0.1, 0.15) is 11.4 Å². The van der Waals surface area contributed by atoms with Crippen LogP contribution in [0.1, 0.15) is 84.2 Å². The van der Waals surface area contributed by atoms with Crippen molar-refractivity contribution in [2.45, 2.75) is 104 Å². The van der Waals surface area contributed by atoms with Crippen LogP contribution < -0.4 is 15.0 Å². The van der Waals surface area contributed by atoms with Crippen LogP contribution in [0.2, 0.25) is 0 Å². The SMILES string of the molecule is CCc1cc2c(cc1C(=O)N(C(C)C)[C@@H]1CCCN(C(=O)OC(C)(C)C)C1)N(CCNC(=O)C(F)F)C(=O)C(C)(C)O2. The lowest BCUT2D eigenvalue weighted by molar-refractivity contribution is -0.133. The van der Waals surface area contributed by atoms with Gasteiger partial charge in [-0.2, -0.15) is 8.78 Å². The molecular weight excluding hydrogens is 550 g/mol. The molecule has 42 heavy (non-hydrogen) atoms. The molecule has 0 aliphatic carbocycles. The number of halogens is 2. The van der Waals surface area contributed by atoms with E-state index in [1.54, 1.807) is 35.8 Å². The number of fused-ring (bicyclic) bond motifs is 1. The van der Waals surface area contributed by atoms with Gasteiger partial charge in [-0.3, -0.25) is 14.4 Å². The van der Waals surface area contributed by atoms with Crippen LogP contribution in [0.5, 0.6) is 5.75 Å². The third-order valence-corrected chi connectivity index (χ3v) is 7.28. The standard InChI is InChI=1S/C30H44F2N4O6/c1-9-19-15-23-22(35(27(39)30(7,8)41-23)14-12-33-25(37)24(31)32)16-21(19)26(38)36(18(2)3)20-11-10-13-34(17-20)28(40)42-29(4,5)6/h15-16,18,20,24H,9-14,17H2,1-8H3,(H,33,37)/t20-/m1/s1. The van der Waals surface area contributed by atoms with Crippen molar-refractivity contribution in [2.24, 2.45) is 0 Å². The smallest absolute Gasteiger partial charge is 0.410 e. The number of aryl methyl sites for hydroxylation is 1. The number of carbonyl (C=O) groups is 4. The van der Waals surface area contributed by atoms with E-state index >= 15 is 0 Å². The second-order valence-electron chi connectivity index (χ2n) is 12.5. The van der Waals surface area contributed by atoms with E-state index in [0.29, 0.717) is 49.4 Å². The maximum atomic E-state index is 14.3. The number of nitrogens with zero attached hydrogens (tertiary/aromatic N) is 3. The van der Waals surface area contributed by atoms with Gasteiger partial charge < -0.3 is 29.5 Å². The highest BCUT2D eigenvalue weighted by Gasteiger charge is 2.42. The molecule has 4 amide bonds. The van der Waals surface area contributed by atoms with Gasteiger partial charge in [0.15, 0.2) is 5.60 Å². The summed E-state index contributed by atoms with van der Waals surface area (Å²) in [7, 11) is 0. The molecule has 10 nitrogen and oxygen atoms in total. The molecule has 0 aromatic heterocycles. The number of nitrogens with one attached hydrogen (secondary N) is 1. The van der Waals surface area contributed by atoms with Gasteiger partial charge in [-0.15, -0.1) is 0 Å². The zero-order valence-electron chi connectivity index (χ0n) is 25.9. The number of piperidine rings is 1. The Kier molecular flexibility index (Phi) is 10.1. The minimum atomic E-state index is -3.17. The molecule has 1 saturated heterocycles. The number of carbonyl (C=O) groups excluding carboxylic acids is 4. The van der Waals surface area contributed by atoms with Crippen molar-refractivity contribution in [1.29, 1.82) is 0 Å². The third-order valence-electron chi connectivity index (χ3n) is 7.28. The average molecular weight is 595 g/mol. The topological polar surface area (TPSA) is 108 Å². The molecule has 0 radical (unpaired) electrons. The number of alkyl halides is 2. The van der Waals surface area contributed by atoms with Gasteiger partial charge in [-0.25, -0.2) is 4.79 Å². The number of anilines is 1. The normalized spacial score (nSPS) is 18.5. The molecule has 1 N–H and O–H groups in total. The lowest BCUT2D eigenvalue weighted by Gasteiger charge is -2.42. The largest absolute Gasteiger partial charge is 0.476 e. The summed E-state index contributed by atoms with van der Waals surface area (Å²) in [5, 5.41) is 2.13. The Bertz CT molecular complexity index is 1200. The fourth-order valence-corrected chi connectivity index (χ4v) is 5.37. The number of ether oxygens (including phenoxy) is 2. The molecule has 2 aliphatic rings. The summed E-state index contributed by atoms with van der Waals surface area (Å²) in [6, 6.07) is 2.91. The van der Waals surface area contributed by atoms with Gasteiger partial charge in [-0.05, 0) is 85.4 Å². The second-order valence-corrected chi connectivity index (χ2v) is 12.5. The Morgan fingerprint density at radius 3 is 2.45 bits per heavy atom. The predicted molar refractivity (Wildman–Crippen MR) is 154 cm³/mol. The van der Waals surface area contributed by atoms with Crippen LogP contribution in [0, 0.1) is 0 Å². The number of likely N-dealkylation sites (tertiary alicyclic amines) is 1. The van der Waals surface area contributed by atoms with Crippen LogP contribution in [0.25, 0.3) is 0 Å². The average Bonchev–Trinajstić information content (AvgIpc) is 2.88. The Hall–Kier alpha value is -3.44. The maximum Gasteiger partial charge on any atom is 0.410 e. The minimum absolute atomic E-state index is 0.0858. The lowest BCUT2D eigenvalue weighted by atomic mass is 9.96. The molecule has 234 valence electrons. The zero-order valence-corrected chi connectivity index (χ0v) is 25.9. The number of hydrogen-bond donors (Lipinski definition) is 1. The first-order valence-electron chi connectivity index (χ1n) is 14.5. The number of benzene rings is 1. The third kappa shape index (κ3) is 7.49. The number of amides is 4. The molecule has 1 atom stereocenters. The predicted octanol–water partition coefficient (Wildman–Crippen LogP) is 4.38. The maximum absolute atomic E-state index is 14.3. The van der Waals surface area contributed by atoms with Crippen LogP contribution in [-0.2, 0) is 20.7 Å². The molecule has 2 heterocycles. The van der Waals surface area contributed by atoms with Crippen LogP contribution in [-0.4, -0.2) is 89.5 Å². The van der Waals surface area contributed by atoms with Crippen molar-refractivity contribution in [3.05, 3.63) is 23.3 Å². The monoisotopic (exact) mass is 594 g/mol. The molecule has 12 heteroatoms. The van der Waals surface area contributed by atoms with Gasteiger partial charge in [0, 0.05) is 37.8 Å². The number of hydrogen-bond acceptors (Lipinski definition) is 6. The van der Waals surface area contributed by atoms with Gasteiger partial charge in [0.25, 0.3) is 17.7 Å². The summed E-state index contributed by atoms with van der Waals surface area (Å²) < 4.78 is 37.0. The second kappa shape index (κ2) is 12.8. The first-order chi connectivity index (χ1) is 19.5. The molecule has 3 rings (SSSR count). The summed E-state index contributed by atoms with van der Waals surface area (Å²) in [6.45, 7) is 15.0. The van der Waals surface area contributed by atoms with Crippen LogP contribution in [0.4, 0.5) is 19.3 Å². The quantitative estimate of drug-likeness (QED) is 0.479. The van der Waals surface area contributed by atoms with E-state index in [1.165, 1.54) is 4.90 Å². The van der Waals surface area contributed by atoms with E-state index in [2.05, 4.69) is 5.32 Å². The van der Waals surface area contributed by atoms with E-state index in [9.17, 15) is 28.0 Å². The van der Waals surface area contributed by atoms with E-state index in [-0.39, 0.29) is 31.1 Å². The fourth-order valence-electron chi connectivity index (χ4n) is 5.37. The summed E-state index contributed by atoms with van der Waals surface area (Å²) in [6.07, 6.45) is -1.66. The molecular formula is C30H44F2N4O6. The highest BCUT2D eigenvalue weighted by molar-refractivity contribution is 6.05. The summed E-state index contributed by atoms with van der Waals surface area (Å²) >= 11 is 0. The first kappa shape index (κ1) is 33.1. The van der Waals surface area contributed by atoms with Crippen molar-refractivity contribution in [3.8, 4) is 5.75 Å². The van der Waals surface area contributed by atoms with E-state index in [0.717, 1.165) is 5.56 Å². The molecule has 0 unspecified atom stereocenters. The highest BCUT2D eigenvalue weighted by Crippen LogP contribution is 2.40. The van der Waals surface area contributed by atoms with Crippen molar-refractivity contribution in [3.63, 3.8) is 0 Å². The summed E-state index contributed by atoms with van der Waals surface area (Å²) in [5.41, 5.74) is -0.446. The Labute approximate surface area is 246 Å². The van der Waals surface area contributed by atoms with Gasteiger partial charge >= 0.3 is 12.5 Å². The Balaban J connectivity index is 1.96. The summed E-state index contributed by atoms with van der Waals surface area (Å²) in [5.74, 6) is -1.71. The fraction of sp³-hybridized carbons (Fsp3) is 0.667. The zero-order chi connectivity index (χ0) is 31.6. The van der Waals surface area contributed by atoms with E-state index in [4.69, 9.17) is 9.47 Å². The van der Waals surface area contributed by atoms with Crippen molar-refractivity contribution >= 4 is 29.5 Å². The van der Waals surface area contributed by atoms with Crippen LogP contribution in [0.3, 0.4) is 0 Å². The Morgan fingerprint density at radius 2 is 1.88 bits per heavy atom. The van der Waals surface area contributed by atoms with E-state index < -0.39 is 35.5 Å². The Morgan fingerprint density at radius 1 is 1.21 bits per heavy atom. The molecule has 0 bridgehead atoms. The van der Waals surface area contributed by atoms with Gasteiger partial charge in [0.2, 0.25) is 0 Å². The number of rotatable bonds is 8. The van der Waals surface area contributed by atoms with Crippen LogP contribution in [0.15, 0.2) is 12.1 Å². The molecule has 1 aromatic carbocycles. The van der Waals surface area contributed by atoms with Crippen molar-refractivity contribution in [1.82, 2.24) is 15.1 Å². The van der Waals surface area contributed by atoms with Crippen molar-refractivity contribution in [2.75, 3.05) is 31.1 Å². The highest BCUT2D eigenvalue weighted by atomic mass is 19.3. The summed E-state index contributed by atoms with van der Waals surface area (Å²) in [4.78, 5) is 56.6. The first-order valence-corrected chi connectivity index (χ1v) is 14.5. The molecule has 0 spiro atoms. The lowest BCUT2D eigenvalue weighted by Crippen LogP contribution is -2.55. The minimum Gasteiger partial charge on any atom is -0.476 e. The van der Waals surface area contributed by atoms with Gasteiger partial charge in [0.05, 0.1) is 11.7 Å². The molecule has 1 fully saturated rings. The molecule has 2 aliphatic heterocycles. The van der Waals surface area contributed by atoms with Crippen molar-refractivity contribution < 1.29 is 37.4 Å². The molecule has 1 aromatic rings. The van der Waals surface area contributed by atoms with E-state index in [1.807, 2.05) is 41.5 Å². The molecule has 0 saturated carbocycles. The van der Waals surface area contributed by atoms with Gasteiger partial charge in [-0.1, -0.05) is 6.92 Å².